The molecule has 0 heterocycles. The lowest BCUT2D eigenvalue weighted by molar-refractivity contribution is 0.0951. The van der Waals surface area contributed by atoms with E-state index in [2.05, 4.69) is 33.1 Å². The first-order chi connectivity index (χ1) is 13.6. The molecule has 0 unspecified atom stereocenters. The summed E-state index contributed by atoms with van der Waals surface area (Å²) in [5.74, 6) is 0.700. The summed E-state index contributed by atoms with van der Waals surface area (Å²) in [5, 5.41) is 9.56. The second-order valence-electron chi connectivity index (χ2n) is 6.85. The van der Waals surface area contributed by atoms with Crippen LogP contribution in [0.15, 0.2) is 59.6 Å². The highest BCUT2D eigenvalue weighted by atomic mass is 16.1. The Morgan fingerprint density at radius 3 is 2.39 bits per heavy atom. The molecule has 0 saturated heterocycles. The molecule has 2 aromatic rings. The van der Waals surface area contributed by atoms with Gasteiger partial charge in [-0.2, -0.15) is 0 Å². The summed E-state index contributed by atoms with van der Waals surface area (Å²) < 4.78 is 0. The van der Waals surface area contributed by atoms with Gasteiger partial charge in [0, 0.05) is 38.8 Å². The normalized spacial score (nSPS) is 11.4. The number of hydrogen-bond donors (Lipinski definition) is 3. The van der Waals surface area contributed by atoms with E-state index in [1.54, 1.807) is 7.05 Å². The van der Waals surface area contributed by atoms with Crippen molar-refractivity contribution >= 4 is 11.9 Å². The maximum atomic E-state index is 12.3. The fourth-order valence-corrected chi connectivity index (χ4v) is 2.69. The molecule has 150 valence electrons. The van der Waals surface area contributed by atoms with Crippen molar-refractivity contribution in [2.24, 2.45) is 4.99 Å². The Labute approximate surface area is 168 Å². The minimum atomic E-state index is -0.0472. The van der Waals surface area contributed by atoms with Gasteiger partial charge in [0.15, 0.2) is 5.96 Å². The zero-order valence-electron chi connectivity index (χ0n) is 17.0. The van der Waals surface area contributed by atoms with E-state index in [0.717, 1.165) is 31.0 Å². The topological polar surface area (TPSA) is 68.8 Å². The van der Waals surface area contributed by atoms with E-state index in [0.29, 0.717) is 18.7 Å². The van der Waals surface area contributed by atoms with Gasteiger partial charge in [-0.25, -0.2) is 0 Å². The molecule has 0 spiro atoms. The molecule has 2 rings (SSSR count). The molecule has 28 heavy (non-hydrogen) atoms. The highest BCUT2D eigenvalue weighted by Crippen LogP contribution is 2.05. The van der Waals surface area contributed by atoms with Gasteiger partial charge in [-0.3, -0.25) is 9.79 Å². The fourth-order valence-electron chi connectivity index (χ4n) is 2.69. The van der Waals surface area contributed by atoms with Crippen LogP contribution in [0.25, 0.3) is 0 Å². The summed E-state index contributed by atoms with van der Waals surface area (Å²) in [7, 11) is 5.73. The first kappa shape index (κ1) is 21.4. The van der Waals surface area contributed by atoms with Crippen molar-refractivity contribution in [3.63, 3.8) is 0 Å². The molecule has 0 aliphatic heterocycles. The number of amides is 1. The van der Waals surface area contributed by atoms with Gasteiger partial charge < -0.3 is 20.9 Å². The molecular weight excluding hydrogens is 350 g/mol. The summed E-state index contributed by atoms with van der Waals surface area (Å²) in [4.78, 5) is 18.6. The van der Waals surface area contributed by atoms with Crippen molar-refractivity contribution in [1.29, 1.82) is 0 Å². The van der Waals surface area contributed by atoms with E-state index in [4.69, 9.17) is 0 Å². The third kappa shape index (κ3) is 7.80. The van der Waals surface area contributed by atoms with Gasteiger partial charge in [0.2, 0.25) is 0 Å². The molecule has 3 N–H and O–H groups in total. The quantitative estimate of drug-likeness (QED) is 0.458. The third-order valence-corrected chi connectivity index (χ3v) is 4.27. The second kappa shape index (κ2) is 11.8. The van der Waals surface area contributed by atoms with E-state index in [1.807, 2.05) is 61.5 Å². The van der Waals surface area contributed by atoms with Crippen LogP contribution in [-0.2, 0) is 13.0 Å². The standard InChI is InChI=1S/C22H31N5O/c1-23-22(25-13-12-18-8-5-4-6-9-18)26-17-19-10-7-11-20(16-19)21(28)24-14-15-27(2)3/h4-11,16H,12-15,17H2,1-3H3,(H,24,28)(H2,23,25,26). The highest BCUT2D eigenvalue weighted by Gasteiger charge is 2.06. The lowest BCUT2D eigenvalue weighted by Crippen LogP contribution is -2.37. The summed E-state index contributed by atoms with van der Waals surface area (Å²) in [6, 6.07) is 18.0. The molecule has 0 aromatic heterocycles. The summed E-state index contributed by atoms with van der Waals surface area (Å²) in [6.07, 6.45) is 0.935. The largest absolute Gasteiger partial charge is 0.356 e. The lowest BCUT2D eigenvalue weighted by Gasteiger charge is -2.13. The average Bonchev–Trinajstić information content (AvgIpc) is 2.71. The number of likely N-dealkylation sites (N-methyl/N-ethyl adjacent to an activating group) is 1. The summed E-state index contributed by atoms with van der Waals surface area (Å²) in [6.45, 7) is 2.85. The Bertz CT molecular complexity index is 759. The van der Waals surface area contributed by atoms with Gasteiger partial charge >= 0.3 is 0 Å². The van der Waals surface area contributed by atoms with Crippen molar-refractivity contribution in [3.8, 4) is 0 Å². The van der Waals surface area contributed by atoms with Crippen LogP contribution >= 0.6 is 0 Å². The van der Waals surface area contributed by atoms with E-state index in [1.165, 1.54) is 5.56 Å². The van der Waals surface area contributed by atoms with E-state index in [9.17, 15) is 4.79 Å². The molecule has 1 amide bonds. The first-order valence-corrected chi connectivity index (χ1v) is 9.59. The Morgan fingerprint density at radius 2 is 1.68 bits per heavy atom. The summed E-state index contributed by atoms with van der Waals surface area (Å²) >= 11 is 0. The van der Waals surface area contributed by atoms with Crippen LogP contribution in [0.3, 0.4) is 0 Å². The van der Waals surface area contributed by atoms with Crippen molar-refractivity contribution in [1.82, 2.24) is 20.9 Å². The number of nitrogens with one attached hydrogen (secondary N) is 3. The number of benzene rings is 2. The maximum Gasteiger partial charge on any atom is 0.251 e. The molecule has 0 bridgehead atoms. The van der Waals surface area contributed by atoms with Crippen LogP contribution in [0.5, 0.6) is 0 Å². The predicted molar refractivity (Wildman–Crippen MR) is 116 cm³/mol. The van der Waals surface area contributed by atoms with Crippen LogP contribution in [0, 0.1) is 0 Å². The number of carbonyl (C=O) groups excluding carboxylic acids is 1. The van der Waals surface area contributed by atoms with Gasteiger partial charge in [0.1, 0.15) is 0 Å². The van der Waals surface area contributed by atoms with E-state index >= 15 is 0 Å². The zero-order valence-corrected chi connectivity index (χ0v) is 17.0. The lowest BCUT2D eigenvalue weighted by atomic mass is 10.1. The number of nitrogens with zero attached hydrogens (tertiary/aromatic N) is 2. The molecule has 0 atom stereocenters. The van der Waals surface area contributed by atoms with Crippen LogP contribution in [0.1, 0.15) is 21.5 Å². The minimum absolute atomic E-state index is 0.0472. The van der Waals surface area contributed by atoms with E-state index < -0.39 is 0 Å². The number of aliphatic imine (C=N–C) groups is 1. The summed E-state index contributed by atoms with van der Waals surface area (Å²) in [5.41, 5.74) is 3.00. The van der Waals surface area contributed by atoms with Gasteiger partial charge in [0.05, 0.1) is 0 Å². The number of hydrogen-bond acceptors (Lipinski definition) is 3. The Morgan fingerprint density at radius 1 is 0.929 bits per heavy atom. The van der Waals surface area contributed by atoms with Gasteiger partial charge in [-0.15, -0.1) is 0 Å². The molecule has 0 aliphatic rings. The van der Waals surface area contributed by atoms with Crippen LogP contribution in [0.4, 0.5) is 0 Å². The Balaban J connectivity index is 1.79. The highest BCUT2D eigenvalue weighted by molar-refractivity contribution is 5.94. The zero-order chi connectivity index (χ0) is 20.2. The smallest absolute Gasteiger partial charge is 0.251 e. The monoisotopic (exact) mass is 381 g/mol. The molecule has 2 aromatic carbocycles. The number of guanidine groups is 1. The molecule has 0 fully saturated rings. The van der Waals surface area contributed by atoms with Crippen LogP contribution < -0.4 is 16.0 Å². The molecule has 0 radical (unpaired) electrons. The van der Waals surface area contributed by atoms with Crippen LogP contribution in [0.2, 0.25) is 0 Å². The minimum Gasteiger partial charge on any atom is -0.356 e. The van der Waals surface area contributed by atoms with Crippen LogP contribution in [-0.4, -0.2) is 57.5 Å². The molecule has 0 saturated carbocycles. The fraction of sp³-hybridized carbons (Fsp3) is 0.364. The van der Waals surface area contributed by atoms with Gasteiger partial charge in [0.25, 0.3) is 5.91 Å². The number of carbonyl (C=O) groups is 1. The average molecular weight is 382 g/mol. The molecular formula is C22H31N5O. The SMILES string of the molecule is CN=C(NCCc1ccccc1)NCc1cccc(C(=O)NCCN(C)C)c1. The Kier molecular flexibility index (Phi) is 9.01. The van der Waals surface area contributed by atoms with E-state index in [-0.39, 0.29) is 5.91 Å². The van der Waals surface area contributed by atoms with Crippen molar-refractivity contribution in [3.05, 3.63) is 71.3 Å². The number of rotatable bonds is 9. The maximum absolute atomic E-state index is 12.3. The van der Waals surface area contributed by atoms with Crippen molar-refractivity contribution in [2.45, 2.75) is 13.0 Å². The van der Waals surface area contributed by atoms with Crippen molar-refractivity contribution < 1.29 is 4.79 Å². The molecule has 6 nitrogen and oxygen atoms in total. The van der Waals surface area contributed by atoms with Gasteiger partial charge in [-0.05, 0) is 43.8 Å². The second-order valence-corrected chi connectivity index (χ2v) is 6.85. The molecule has 6 heteroatoms. The molecule has 0 aliphatic carbocycles. The third-order valence-electron chi connectivity index (χ3n) is 4.27. The Hall–Kier alpha value is -2.86. The van der Waals surface area contributed by atoms with Gasteiger partial charge in [-0.1, -0.05) is 42.5 Å². The van der Waals surface area contributed by atoms with Crippen molar-refractivity contribution in [2.75, 3.05) is 40.8 Å². The first-order valence-electron chi connectivity index (χ1n) is 9.59. The predicted octanol–water partition coefficient (Wildman–Crippen LogP) is 1.89.